The molecule has 0 bridgehead atoms. The molecule has 1 aliphatic carbocycles. The maximum absolute atomic E-state index is 12.8. The van der Waals surface area contributed by atoms with Crippen molar-refractivity contribution >= 4 is 11.9 Å². The fourth-order valence-electron chi connectivity index (χ4n) is 4.12. The third-order valence-corrected chi connectivity index (χ3v) is 5.70. The summed E-state index contributed by atoms with van der Waals surface area (Å²) in [5.41, 5.74) is 0.686. The Bertz CT molecular complexity index is 640. The molecule has 1 heterocycles. The van der Waals surface area contributed by atoms with Crippen molar-refractivity contribution in [3.63, 3.8) is 0 Å². The van der Waals surface area contributed by atoms with Gasteiger partial charge in [0.1, 0.15) is 5.75 Å². The fraction of sp³-hybridized carbons (Fsp3) is 0.619. The second-order valence-electron chi connectivity index (χ2n) is 7.73. The minimum atomic E-state index is -0.811. The molecular formula is C21H30N2O4. The summed E-state index contributed by atoms with van der Waals surface area (Å²) in [6.45, 7) is 1.42. The maximum Gasteiger partial charge on any atom is 0.317 e. The van der Waals surface area contributed by atoms with Crippen LogP contribution in [0.15, 0.2) is 24.3 Å². The van der Waals surface area contributed by atoms with E-state index in [1.165, 1.54) is 12.8 Å². The Morgan fingerprint density at radius 2 is 1.78 bits per heavy atom. The zero-order valence-corrected chi connectivity index (χ0v) is 16.1. The average Bonchev–Trinajstić information content (AvgIpc) is 3.02. The zero-order valence-electron chi connectivity index (χ0n) is 16.1. The Kier molecular flexibility index (Phi) is 6.72. The first-order chi connectivity index (χ1) is 13.0. The van der Waals surface area contributed by atoms with Crippen molar-refractivity contribution in [3.8, 4) is 5.75 Å². The number of likely N-dealkylation sites (N-methyl/N-ethyl adjacent to an activating group) is 1. The Labute approximate surface area is 161 Å². The molecule has 6 nitrogen and oxygen atoms in total. The third-order valence-electron chi connectivity index (χ3n) is 5.70. The molecular weight excluding hydrogens is 344 g/mol. The van der Waals surface area contributed by atoms with Crippen LogP contribution in [0.25, 0.3) is 0 Å². The van der Waals surface area contributed by atoms with Gasteiger partial charge in [-0.25, -0.2) is 0 Å². The summed E-state index contributed by atoms with van der Waals surface area (Å²) in [4.78, 5) is 27.5. The lowest BCUT2D eigenvalue weighted by molar-refractivity contribution is -0.138. The molecule has 1 N–H and O–H groups in total. The van der Waals surface area contributed by atoms with Crippen LogP contribution in [0.5, 0.6) is 5.75 Å². The lowest BCUT2D eigenvalue weighted by atomic mass is 10.1. The molecule has 0 radical (unpaired) electrons. The van der Waals surface area contributed by atoms with E-state index >= 15 is 0 Å². The number of rotatable bonds is 6. The van der Waals surface area contributed by atoms with E-state index in [2.05, 4.69) is 0 Å². The molecule has 1 aromatic rings. The summed E-state index contributed by atoms with van der Waals surface area (Å²) in [6.07, 6.45) is 7.63. The van der Waals surface area contributed by atoms with Crippen molar-refractivity contribution in [2.75, 3.05) is 26.7 Å². The highest BCUT2D eigenvalue weighted by atomic mass is 16.5. The van der Waals surface area contributed by atoms with E-state index in [4.69, 9.17) is 9.84 Å². The maximum atomic E-state index is 12.8. The van der Waals surface area contributed by atoms with Crippen molar-refractivity contribution in [1.29, 1.82) is 0 Å². The molecule has 0 aromatic heterocycles. The van der Waals surface area contributed by atoms with Gasteiger partial charge in [-0.2, -0.15) is 0 Å². The highest BCUT2D eigenvalue weighted by molar-refractivity contribution is 5.94. The van der Waals surface area contributed by atoms with Crippen molar-refractivity contribution < 1.29 is 19.4 Å². The largest absolute Gasteiger partial charge is 0.490 e. The van der Waals surface area contributed by atoms with Gasteiger partial charge in [-0.15, -0.1) is 0 Å². The van der Waals surface area contributed by atoms with E-state index in [9.17, 15) is 9.59 Å². The Morgan fingerprint density at radius 3 is 2.44 bits per heavy atom. The van der Waals surface area contributed by atoms with E-state index in [0.717, 1.165) is 44.4 Å². The highest BCUT2D eigenvalue weighted by Crippen LogP contribution is 2.25. The summed E-state index contributed by atoms with van der Waals surface area (Å²) in [5, 5.41) is 8.97. The molecule has 2 aliphatic rings. The summed E-state index contributed by atoms with van der Waals surface area (Å²) in [7, 11) is 1.85. The monoisotopic (exact) mass is 374 g/mol. The molecule has 1 aromatic carbocycles. The van der Waals surface area contributed by atoms with Gasteiger partial charge in [-0.1, -0.05) is 0 Å². The summed E-state index contributed by atoms with van der Waals surface area (Å²) in [5.74, 6) is 0.0724. The topological polar surface area (TPSA) is 70.1 Å². The number of hydrogen-bond donors (Lipinski definition) is 1. The van der Waals surface area contributed by atoms with Gasteiger partial charge in [0.2, 0.25) is 0 Å². The first-order valence-corrected chi connectivity index (χ1v) is 10.0. The van der Waals surface area contributed by atoms with Gasteiger partial charge >= 0.3 is 5.97 Å². The first-order valence-electron chi connectivity index (χ1n) is 10.0. The van der Waals surface area contributed by atoms with Crippen LogP contribution in [0.1, 0.15) is 55.3 Å². The predicted molar refractivity (Wildman–Crippen MR) is 103 cm³/mol. The highest BCUT2D eigenvalue weighted by Gasteiger charge is 2.24. The van der Waals surface area contributed by atoms with E-state index < -0.39 is 5.97 Å². The number of likely N-dealkylation sites (tertiary alicyclic amines) is 1. The van der Waals surface area contributed by atoms with E-state index in [1.807, 2.05) is 41.1 Å². The van der Waals surface area contributed by atoms with Crippen LogP contribution >= 0.6 is 0 Å². The lowest BCUT2D eigenvalue weighted by Gasteiger charge is -2.25. The molecule has 6 heteroatoms. The average molecular weight is 374 g/mol. The summed E-state index contributed by atoms with van der Waals surface area (Å²) >= 11 is 0. The van der Waals surface area contributed by atoms with Crippen molar-refractivity contribution in [3.05, 3.63) is 29.8 Å². The van der Waals surface area contributed by atoms with Gasteiger partial charge in [-0.3, -0.25) is 14.5 Å². The number of carbonyl (C=O) groups excluding carboxylic acids is 1. The number of carboxylic acids is 1. The van der Waals surface area contributed by atoms with Crippen LogP contribution in [-0.4, -0.2) is 65.6 Å². The molecule has 2 fully saturated rings. The minimum Gasteiger partial charge on any atom is -0.490 e. The van der Waals surface area contributed by atoms with Crippen LogP contribution in [0.2, 0.25) is 0 Å². The van der Waals surface area contributed by atoms with Crippen LogP contribution in [-0.2, 0) is 4.79 Å². The quantitative estimate of drug-likeness (QED) is 0.829. The second-order valence-corrected chi connectivity index (χ2v) is 7.73. The number of benzene rings is 1. The predicted octanol–water partition coefficient (Wildman–Crippen LogP) is 3.02. The molecule has 0 spiro atoms. The van der Waals surface area contributed by atoms with Gasteiger partial charge in [-0.05, 0) is 76.3 Å². The Balaban J connectivity index is 1.54. The molecule has 3 rings (SSSR count). The lowest BCUT2D eigenvalue weighted by Crippen LogP contribution is -2.37. The molecule has 0 unspecified atom stereocenters. The first kappa shape index (κ1) is 19.7. The van der Waals surface area contributed by atoms with Crippen molar-refractivity contribution in [2.24, 2.45) is 0 Å². The van der Waals surface area contributed by atoms with Gasteiger partial charge < -0.3 is 14.7 Å². The Hall–Kier alpha value is -2.08. The van der Waals surface area contributed by atoms with E-state index in [1.54, 1.807) is 0 Å². The molecule has 27 heavy (non-hydrogen) atoms. The van der Waals surface area contributed by atoms with Crippen LogP contribution in [0.3, 0.4) is 0 Å². The zero-order chi connectivity index (χ0) is 19.2. The SMILES string of the molecule is CN(CC(=O)O)[C@H]1CCCN(C(=O)c2ccc(OC3CCCC3)cc2)CC1. The molecule has 148 valence electrons. The van der Waals surface area contributed by atoms with E-state index in [-0.39, 0.29) is 18.5 Å². The second kappa shape index (κ2) is 9.22. The summed E-state index contributed by atoms with van der Waals surface area (Å²) in [6, 6.07) is 7.71. The standard InChI is InChI=1S/C21H30N2O4/c1-22(15-20(24)25)17-5-4-13-23(14-12-17)21(26)16-8-10-19(11-9-16)27-18-6-2-3-7-18/h8-11,17-18H,2-7,12-15H2,1H3,(H,24,25)/t17-/m0/s1. The molecule has 1 atom stereocenters. The third kappa shape index (κ3) is 5.45. The number of amides is 1. The number of nitrogens with zero attached hydrogens (tertiary/aromatic N) is 2. The minimum absolute atomic E-state index is 0.0427. The number of ether oxygens (including phenoxy) is 1. The van der Waals surface area contributed by atoms with E-state index in [0.29, 0.717) is 18.2 Å². The number of aliphatic carboxylic acids is 1. The molecule has 1 aliphatic heterocycles. The van der Waals surface area contributed by atoms with Gasteiger partial charge in [0, 0.05) is 24.7 Å². The molecule has 1 amide bonds. The number of hydrogen-bond acceptors (Lipinski definition) is 4. The normalized spacial score (nSPS) is 21.3. The van der Waals surface area contributed by atoms with Gasteiger partial charge in [0.05, 0.1) is 12.6 Å². The van der Waals surface area contributed by atoms with Crippen LogP contribution in [0, 0.1) is 0 Å². The Morgan fingerprint density at radius 1 is 1.07 bits per heavy atom. The van der Waals surface area contributed by atoms with Crippen LogP contribution < -0.4 is 4.74 Å². The number of carbonyl (C=O) groups is 2. The van der Waals surface area contributed by atoms with Gasteiger partial charge in [0.15, 0.2) is 0 Å². The smallest absolute Gasteiger partial charge is 0.317 e. The van der Waals surface area contributed by atoms with Gasteiger partial charge in [0.25, 0.3) is 5.91 Å². The fourth-order valence-corrected chi connectivity index (χ4v) is 4.12. The number of carboxylic acid groups (broad SMARTS) is 1. The molecule has 1 saturated heterocycles. The summed E-state index contributed by atoms with van der Waals surface area (Å²) < 4.78 is 5.97. The molecule has 1 saturated carbocycles. The van der Waals surface area contributed by atoms with Crippen LogP contribution in [0.4, 0.5) is 0 Å². The van der Waals surface area contributed by atoms with Crippen molar-refractivity contribution in [2.45, 2.75) is 57.1 Å². The van der Waals surface area contributed by atoms with Crippen molar-refractivity contribution in [1.82, 2.24) is 9.80 Å².